The molecule has 0 aliphatic heterocycles. The zero-order chi connectivity index (χ0) is 13.2. The molecule has 0 aromatic carbocycles. The van der Waals surface area contributed by atoms with E-state index >= 15 is 0 Å². The maximum Gasteiger partial charge on any atom is 0.483 e. The Bertz CT molecular complexity index is 325. The van der Waals surface area contributed by atoms with Crippen LogP contribution in [0.4, 0.5) is 0 Å². The van der Waals surface area contributed by atoms with E-state index in [0.29, 0.717) is 0 Å². The predicted molar refractivity (Wildman–Crippen MR) is 57.9 cm³/mol. The van der Waals surface area contributed by atoms with Crippen molar-refractivity contribution in [2.75, 3.05) is 0 Å². The van der Waals surface area contributed by atoms with Crippen LogP contribution in [-0.2, 0) is 18.0 Å². The first-order chi connectivity index (χ1) is 6.83. The second kappa shape index (κ2) is 5.65. The van der Waals surface area contributed by atoms with Crippen LogP contribution in [0.5, 0.6) is 0 Å². The summed E-state index contributed by atoms with van der Waals surface area (Å²) in [5, 5.41) is 0. The van der Waals surface area contributed by atoms with Gasteiger partial charge in [0.1, 0.15) is 0 Å². The monoisotopic (exact) mass is 316 g/mol. The molecule has 0 rings (SSSR count). The Morgan fingerprint density at radius 2 is 1.69 bits per heavy atom. The van der Waals surface area contributed by atoms with Crippen LogP contribution in [0.2, 0.25) is 0 Å². The van der Waals surface area contributed by atoms with Crippen molar-refractivity contribution in [3.8, 4) is 0 Å². The SMILES string of the molecule is CC(C)CC(Cl)(Cl)OP(=O)(O)OP(=O)(O)O. The third-order valence-electron chi connectivity index (χ3n) is 1.10. The van der Waals surface area contributed by atoms with Crippen LogP contribution in [0.3, 0.4) is 0 Å². The van der Waals surface area contributed by atoms with Crippen LogP contribution >= 0.6 is 38.8 Å². The molecule has 0 spiro atoms. The normalized spacial score (nSPS) is 17.5. The first kappa shape index (κ1) is 16.8. The molecule has 3 N–H and O–H groups in total. The summed E-state index contributed by atoms with van der Waals surface area (Å²) in [6.45, 7) is 3.43. The molecule has 0 aliphatic rings. The first-order valence-corrected chi connectivity index (χ1v) is 7.79. The summed E-state index contributed by atoms with van der Waals surface area (Å²) in [6, 6.07) is 0. The number of rotatable bonds is 6. The van der Waals surface area contributed by atoms with E-state index in [-0.39, 0.29) is 12.3 Å². The van der Waals surface area contributed by atoms with E-state index in [0.717, 1.165) is 0 Å². The molecule has 0 radical (unpaired) electrons. The van der Waals surface area contributed by atoms with E-state index in [1.54, 1.807) is 13.8 Å². The lowest BCUT2D eigenvalue weighted by Gasteiger charge is -2.23. The summed E-state index contributed by atoms with van der Waals surface area (Å²) in [5.74, 6) is -0.0648. The summed E-state index contributed by atoms with van der Waals surface area (Å²) in [5.41, 5.74) is 0. The molecule has 1 atom stereocenters. The van der Waals surface area contributed by atoms with E-state index in [1.165, 1.54) is 0 Å². The molecule has 0 aromatic heterocycles. The maximum atomic E-state index is 11.1. The molecule has 0 aromatic rings. The van der Waals surface area contributed by atoms with Gasteiger partial charge in [0.15, 0.2) is 0 Å². The van der Waals surface area contributed by atoms with E-state index in [2.05, 4.69) is 8.83 Å². The first-order valence-electron chi connectivity index (χ1n) is 4.01. The van der Waals surface area contributed by atoms with Gasteiger partial charge in [0.05, 0.1) is 0 Å². The highest BCUT2D eigenvalue weighted by Gasteiger charge is 2.41. The summed E-state index contributed by atoms with van der Waals surface area (Å²) >= 11 is 11.0. The van der Waals surface area contributed by atoms with Gasteiger partial charge in [-0.2, -0.15) is 4.31 Å². The molecule has 0 saturated carbocycles. The van der Waals surface area contributed by atoms with Crippen LogP contribution in [-0.4, -0.2) is 19.2 Å². The largest absolute Gasteiger partial charge is 0.483 e. The molecule has 7 nitrogen and oxygen atoms in total. The molecule has 1 unspecified atom stereocenters. The van der Waals surface area contributed by atoms with E-state index < -0.39 is 20.2 Å². The molecule has 0 saturated heterocycles. The lowest BCUT2D eigenvalue weighted by molar-refractivity contribution is 0.133. The predicted octanol–water partition coefficient (Wildman–Crippen LogP) is 2.39. The topological polar surface area (TPSA) is 113 Å². The van der Waals surface area contributed by atoms with Crippen molar-refractivity contribution in [2.45, 2.75) is 24.8 Å². The standard InChI is InChI=1S/C5H12Cl2O7P2/c1-4(2)3-5(6,7)13-16(11,12)14-15(8,9)10/h4H,3H2,1-2H3,(H,11,12)(H2,8,9,10). The molecule has 16 heavy (non-hydrogen) atoms. The average molecular weight is 317 g/mol. The number of hydrogen-bond acceptors (Lipinski definition) is 4. The number of phosphoric ester groups is 1. The van der Waals surface area contributed by atoms with Gasteiger partial charge < -0.3 is 14.7 Å². The minimum Gasteiger partial charge on any atom is -0.302 e. The van der Waals surface area contributed by atoms with Crippen LogP contribution in [0.15, 0.2) is 0 Å². The lowest BCUT2D eigenvalue weighted by atomic mass is 10.1. The highest BCUT2D eigenvalue weighted by molar-refractivity contribution is 7.60. The molecule has 0 heterocycles. The Morgan fingerprint density at radius 3 is 2.00 bits per heavy atom. The number of hydrogen-bond donors (Lipinski definition) is 3. The fourth-order valence-corrected chi connectivity index (χ4v) is 3.59. The Kier molecular flexibility index (Phi) is 5.95. The quantitative estimate of drug-likeness (QED) is 0.509. The van der Waals surface area contributed by atoms with Gasteiger partial charge in [-0.1, -0.05) is 37.0 Å². The van der Waals surface area contributed by atoms with Gasteiger partial charge >= 0.3 is 15.6 Å². The maximum absolute atomic E-state index is 11.1. The zero-order valence-corrected chi connectivity index (χ0v) is 11.7. The van der Waals surface area contributed by atoms with E-state index in [9.17, 15) is 9.13 Å². The van der Waals surface area contributed by atoms with Gasteiger partial charge in [-0.3, -0.25) is 0 Å². The smallest absolute Gasteiger partial charge is 0.302 e. The summed E-state index contributed by atoms with van der Waals surface area (Å²) in [7, 11) is -10.2. The third-order valence-corrected chi connectivity index (χ3v) is 4.00. The third kappa shape index (κ3) is 8.93. The summed E-state index contributed by atoms with van der Waals surface area (Å²) < 4.78 is 27.1. The molecule has 98 valence electrons. The Labute approximate surface area is 103 Å². The minimum absolute atomic E-state index is 0.0226. The molecule has 0 fully saturated rings. The molecule has 0 amide bonds. The van der Waals surface area contributed by atoms with Gasteiger partial charge in [0, 0.05) is 6.42 Å². The fourth-order valence-electron chi connectivity index (χ4n) is 0.832. The van der Waals surface area contributed by atoms with Crippen molar-refractivity contribution in [3.05, 3.63) is 0 Å². The van der Waals surface area contributed by atoms with Crippen molar-refractivity contribution in [1.82, 2.24) is 0 Å². The van der Waals surface area contributed by atoms with Crippen molar-refractivity contribution in [2.24, 2.45) is 5.92 Å². The lowest BCUT2D eigenvalue weighted by Crippen LogP contribution is -2.19. The Balaban J connectivity index is 4.58. The number of alkyl halides is 2. The van der Waals surface area contributed by atoms with Gasteiger partial charge in [-0.05, 0) is 5.92 Å². The van der Waals surface area contributed by atoms with Crippen LogP contribution < -0.4 is 0 Å². The van der Waals surface area contributed by atoms with E-state index in [1.807, 2.05) is 0 Å². The average Bonchev–Trinajstić information content (AvgIpc) is 1.69. The Morgan fingerprint density at radius 1 is 1.25 bits per heavy atom. The molecular formula is C5H12Cl2O7P2. The van der Waals surface area contributed by atoms with Crippen molar-refractivity contribution in [3.63, 3.8) is 0 Å². The summed E-state index contributed by atoms with van der Waals surface area (Å²) in [4.78, 5) is 25.6. The molecule has 11 heteroatoms. The van der Waals surface area contributed by atoms with Crippen LogP contribution in [0.1, 0.15) is 20.3 Å². The zero-order valence-electron chi connectivity index (χ0n) is 8.41. The highest BCUT2D eigenvalue weighted by atomic mass is 35.5. The summed E-state index contributed by atoms with van der Waals surface area (Å²) in [6.07, 6.45) is -0.0226. The fraction of sp³-hybridized carbons (Fsp3) is 1.00. The van der Waals surface area contributed by atoms with E-state index in [4.69, 9.17) is 37.9 Å². The van der Waals surface area contributed by atoms with Crippen molar-refractivity contribution >= 4 is 38.8 Å². The highest BCUT2D eigenvalue weighted by Crippen LogP contribution is 2.60. The molecule has 0 aliphatic carbocycles. The number of halogens is 2. The second-order valence-electron chi connectivity index (χ2n) is 3.37. The second-order valence-corrected chi connectivity index (χ2v) is 7.54. The van der Waals surface area contributed by atoms with Gasteiger partial charge in [-0.15, -0.1) is 0 Å². The minimum atomic E-state index is -5.16. The Hall–Kier alpha value is 0.840. The van der Waals surface area contributed by atoms with Gasteiger partial charge in [0.2, 0.25) is 4.52 Å². The number of phosphoric acid groups is 2. The van der Waals surface area contributed by atoms with Gasteiger partial charge in [-0.25, -0.2) is 13.7 Å². The van der Waals surface area contributed by atoms with Crippen LogP contribution in [0.25, 0.3) is 0 Å². The molecule has 0 bridgehead atoms. The van der Waals surface area contributed by atoms with Crippen molar-refractivity contribution < 1.29 is 32.6 Å². The van der Waals surface area contributed by atoms with Gasteiger partial charge in [0.25, 0.3) is 0 Å². The van der Waals surface area contributed by atoms with Crippen LogP contribution in [0, 0.1) is 5.92 Å². The molecular weight excluding hydrogens is 305 g/mol. The van der Waals surface area contributed by atoms with Crippen molar-refractivity contribution in [1.29, 1.82) is 0 Å².